The Morgan fingerprint density at radius 3 is 3.00 bits per heavy atom. The van der Waals surface area contributed by atoms with Crippen LogP contribution in [-0.4, -0.2) is 24.6 Å². The zero-order chi connectivity index (χ0) is 17.4. The first-order valence-electron chi connectivity index (χ1n) is 9.12. The number of carbonyl (C=O) groups excluding carboxylic acids is 1. The number of furan rings is 1. The van der Waals surface area contributed by atoms with Gasteiger partial charge in [-0.2, -0.15) is 0 Å². The van der Waals surface area contributed by atoms with Gasteiger partial charge in [-0.1, -0.05) is 12.1 Å². The van der Waals surface area contributed by atoms with Crippen LogP contribution in [0.15, 0.2) is 28.7 Å². The number of nitrogens with one attached hydrogen (secondary N) is 3. The quantitative estimate of drug-likeness (QED) is 0.752. The van der Waals surface area contributed by atoms with E-state index in [0.717, 1.165) is 34.8 Å². The fraction of sp³-hybridized carbons (Fsp3) is 0.526. The molecule has 1 aliphatic heterocycles. The first-order chi connectivity index (χ1) is 12.2. The lowest BCUT2D eigenvalue weighted by atomic mass is 10.1. The van der Waals surface area contributed by atoms with Crippen LogP contribution in [0.1, 0.15) is 44.9 Å². The molecule has 1 aromatic heterocycles. The van der Waals surface area contributed by atoms with Crippen LogP contribution in [0.2, 0.25) is 0 Å². The molecule has 3 unspecified atom stereocenters. The van der Waals surface area contributed by atoms with Gasteiger partial charge in [0.1, 0.15) is 11.8 Å². The number of carbonyl (C=O) groups is 1. The van der Waals surface area contributed by atoms with Gasteiger partial charge in [0.25, 0.3) is 0 Å². The highest BCUT2D eigenvalue weighted by atomic mass is 16.5. The van der Waals surface area contributed by atoms with Crippen LogP contribution < -0.4 is 20.9 Å². The van der Waals surface area contributed by atoms with Crippen molar-refractivity contribution >= 4 is 16.9 Å². The van der Waals surface area contributed by atoms with Crippen molar-refractivity contribution in [3.8, 4) is 5.75 Å². The number of hydrogen-bond acceptors (Lipinski definition) is 5. The normalized spacial score (nSPS) is 24.4. The highest BCUT2D eigenvalue weighted by Gasteiger charge is 2.39. The highest BCUT2D eigenvalue weighted by Crippen LogP contribution is 2.36. The molecule has 2 fully saturated rings. The molecule has 25 heavy (non-hydrogen) atoms. The van der Waals surface area contributed by atoms with Gasteiger partial charge in [0.05, 0.1) is 12.6 Å². The van der Waals surface area contributed by atoms with Gasteiger partial charge in [-0.25, -0.2) is 5.43 Å². The summed E-state index contributed by atoms with van der Waals surface area (Å²) in [5, 5.41) is 4.04. The number of hydrogen-bond donors (Lipinski definition) is 3. The number of hydrazine groups is 1. The number of para-hydroxylation sites is 1. The van der Waals surface area contributed by atoms with Gasteiger partial charge in [-0.05, 0) is 51.2 Å². The molecular weight excluding hydrogens is 318 g/mol. The van der Waals surface area contributed by atoms with Gasteiger partial charge in [0.2, 0.25) is 5.91 Å². The Kier molecular flexibility index (Phi) is 4.39. The minimum Gasteiger partial charge on any atom is -0.490 e. The van der Waals surface area contributed by atoms with E-state index in [1.807, 2.05) is 38.1 Å². The van der Waals surface area contributed by atoms with E-state index in [0.29, 0.717) is 12.6 Å². The summed E-state index contributed by atoms with van der Waals surface area (Å²) in [6, 6.07) is 7.84. The second-order valence-electron chi connectivity index (χ2n) is 7.01. The van der Waals surface area contributed by atoms with Crippen molar-refractivity contribution < 1.29 is 13.9 Å². The average Bonchev–Trinajstić information content (AvgIpc) is 3.16. The van der Waals surface area contributed by atoms with Crippen molar-refractivity contribution in [2.24, 2.45) is 5.92 Å². The second-order valence-corrected chi connectivity index (χ2v) is 7.01. The van der Waals surface area contributed by atoms with Crippen molar-refractivity contribution in [3.05, 3.63) is 30.0 Å². The van der Waals surface area contributed by atoms with Crippen LogP contribution in [-0.2, 0) is 4.79 Å². The molecule has 134 valence electrons. The Bertz CT molecular complexity index is 768. The molecule has 0 bridgehead atoms. The van der Waals surface area contributed by atoms with E-state index < -0.39 is 0 Å². The summed E-state index contributed by atoms with van der Waals surface area (Å²) in [6.07, 6.45) is 3.38. The van der Waals surface area contributed by atoms with Gasteiger partial charge in [-0.3, -0.25) is 10.2 Å². The molecule has 2 aromatic rings. The molecule has 1 saturated carbocycles. The van der Waals surface area contributed by atoms with Crippen LogP contribution in [0.3, 0.4) is 0 Å². The zero-order valence-corrected chi connectivity index (χ0v) is 14.7. The Morgan fingerprint density at radius 1 is 1.40 bits per heavy atom. The molecule has 0 radical (unpaired) electrons. The van der Waals surface area contributed by atoms with Crippen LogP contribution in [0.5, 0.6) is 5.75 Å². The zero-order valence-electron chi connectivity index (χ0n) is 14.7. The Balaban J connectivity index is 1.43. The SMILES string of the molecule is CCOc1cccc2cc(C(C)NC(=O)C3CC(C4CC4)NN3)oc12. The lowest BCUT2D eigenvalue weighted by molar-refractivity contribution is -0.123. The van der Waals surface area contributed by atoms with E-state index in [1.54, 1.807) is 0 Å². The summed E-state index contributed by atoms with van der Waals surface area (Å²) >= 11 is 0. The largest absolute Gasteiger partial charge is 0.490 e. The van der Waals surface area contributed by atoms with Crippen molar-refractivity contribution in [2.45, 2.75) is 51.2 Å². The van der Waals surface area contributed by atoms with Gasteiger partial charge in [0.15, 0.2) is 11.3 Å². The summed E-state index contributed by atoms with van der Waals surface area (Å²) in [6.45, 7) is 4.48. The van der Waals surface area contributed by atoms with E-state index >= 15 is 0 Å². The molecule has 1 saturated heterocycles. The lowest BCUT2D eigenvalue weighted by Crippen LogP contribution is -2.44. The Morgan fingerprint density at radius 2 is 2.24 bits per heavy atom. The van der Waals surface area contributed by atoms with Gasteiger partial charge in [0, 0.05) is 11.4 Å². The number of rotatable bonds is 6. The molecular formula is C19H25N3O3. The Hall–Kier alpha value is -2.05. The second kappa shape index (κ2) is 6.69. The Labute approximate surface area is 147 Å². The molecule has 1 amide bonds. The third-order valence-electron chi connectivity index (χ3n) is 5.05. The third-order valence-corrected chi connectivity index (χ3v) is 5.05. The van der Waals surface area contributed by atoms with Crippen molar-refractivity contribution in [2.75, 3.05) is 6.61 Å². The third kappa shape index (κ3) is 3.37. The van der Waals surface area contributed by atoms with Crippen molar-refractivity contribution in [1.82, 2.24) is 16.2 Å². The number of amides is 1. The number of fused-ring (bicyclic) bond motifs is 1. The molecule has 2 heterocycles. The maximum Gasteiger partial charge on any atom is 0.239 e. The first kappa shape index (κ1) is 16.4. The van der Waals surface area contributed by atoms with Crippen molar-refractivity contribution in [1.29, 1.82) is 0 Å². The summed E-state index contributed by atoms with van der Waals surface area (Å²) in [5.74, 6) is 2.21. The molecule has 4 rings (SSSR count). The fourth-order valence-corrected chi connectivity index (χ4v) is 3.48. The van der Waals surface area contributed by atoms with E-state index in [1.165, 1.54) is 12.8 Å². The van der Waals surface area contributed by atoms with Crippen molar-refractivity contribution in [3.63, 3.8) is 0 Å². The van der Waals surface area contributed by atoms with Crippen LogP contribution in [0.25, 0.3) is 11.0 Å². The monoisotopic (exact) mass is 343 g/mol. The lowest BCUT2D eigenvalue weighted by Gasteiger charge is -2.15. The van der Waals surface area contributed by atoms with E-state index in [2.05, 4.69) is 16.2 Å². The molecule has 3 atom stereocenters. The highest BCUT2D eigenvalue weighted by molar-refractivity contribution is 5.85. The minimum absolute atomic E-state index is 0.00800. The number of ether oxygens (including phenoxy) is 1. The summed E-state index contributed by atoms with van der Waals surface area (Å²) < 4.78 is 11.6. The van der Waals surface area contributed by atoms with Crippen LogP contribution in [0, 0.1) is 5.92 Å². The number of benzene rings is 1. The smallest absolute Gasteiger partial charge is 0.239 e. The molecule has 2 aliphatic rings. The standard InChI is InChI=1S/C19H25N3O3/c1-3-24-16-6-4-5-13-9-17(25-18(13)16)11(2)20-19(23)15-10-14(21-22-15)12-7-8-12/h4-6,9,11-12,14-15,21-22H,3,7-8,10H2,1-2H3,(H,20,23). The average molecular weight is 343 g/mol. The van der Waals surface area contributed by atoms with Gasteiger partial charge < -0.3 is 14.5 Å². The van der Waals surface area contributed by atoms with E-state index in [9.17, 15) is 4.79 Å². The molecule has 3 N–H and O–H groups in total. The maximum absolute atomic E-state index is 12.5. The maximum atomic E-state index is 12.5. The summed E-state index contributed by atoms with van der Waals surface area (Å²) in [4.78, 5) is 12.5. The summed E-state index contributed by atoms with van der Waals surface area (Å²) in [5.41, 5.74) is 7.11. The molecule has 6 nitrogen and oxygen atoms in total. The molecule has 1 aromatic carbocycles. The predicted molar refractivity (Wildman–Crippen MR) is 95.1 cm³/mol. The topological polar surface area (TPSA) is 75.5 Å². The van der Waals surface area contributed by atoms with E-state index in [4.69, 9.17) is 9.15 Å². The fourth-order valence-electron chi connectivity index (χ4n) is 3.48. The molecule has 0 spiro atoms. The predicted octanol–water partition coefficient (Wildman–Crippen LogP) is 2.65. The molecule has 1 aliphatic carbocycles. The minimum atomic E-state index is -0.198. The summed E-state index contributed by atoms with van der Waals surface area (Å²) in [7, 11) is 0. The van der Waals surface area contributed by atoms with E-state index in [-0.39, 0.29) is 18.0 Å². The van der Waals surface area contributed by atoms with Gasteiger partial charge >= 0.3 is 0 Å². The first-order valence-corrected chi connectivity index (χ1v) is 9.12. The van der Waals surface area contributed by atoms with Crippen LogP contribution >= 0.6 is 0 Å². The van der Waals surface area contributed by atoms with Gasteiger partial charge in [-0.15, -0.1) is 0 Å². The van der Waals surface area contributed by atoms with Crippen LogP contribution in [0.4, 0.5) is 0 Å². The molecule has 6 heteroatoms.